The number of unbranched alkanes of at least 4 members (excludes halogenated alkanes) is 2. The Morgan fingerprint density at radius 2 is 2.06 bits per heavy atom. The van der Waals surface area contributed by atoms with Gasteiger partial charge in [0.25, 0.3) is 0 Å². The molecule has 4 heteroatoms. The van der Waals surface area contributed by atoms with Crippen molar-refractivity contribution in [1.29, 1.82) is 0 Å². The molecule has 0 aromatic heterocycles. The molecule has 1 amide bonds. The van der Waals surface area contributed by atoms with Crippen LogP contribution in [0.5, 0.6) is 0 Å². The number of likely N-dealkylation sites (N-methyl/N-ethyl adjacent to an activating group) is 1. The van der Waals surface area contributed by atoms with Crippen molar-refractivity contribution in [3.8, 4) is 0 Å². The molecule has 0 saturated heterocycles. The maximum Gasteiger partial charge on any atom is 0.239 e. The number of nitrogens with two attached hydrogens (primary N) is 1. The number of carbonyl (C=O) groups is 1. The van der Waals surface area contributed by atoms with Crippen molar-refractivity contribution in [2.45, 2.75) is 45.1 Å². The first-order chi connectivity index (χ1) is 7.63. The van der Waals surface area contributed by atoms with Gasteiger partial charge in [0.15, 0.2) is 0 Å². The molecule has 0 bridgehead atoms. The van der Waals surface area contributed by atoms with Crippen molar-refractivity contribution in [3.05, 3.63) is 0 Å². The molecule has 0 heterocycles. The molecule has 0 aliphatic rings. The minimum atomic E-state index is -0.373. The number of ether oxygens (including phenoxy) is 1. The lowest BCUT2D eigenvalue weighted by Crippen LogP contribution is -2.42. The second-order valence-corrected chi connectivity index (χ2v) is 4.21. The lowest BCUT2D eigenvalue weighted by Gasteiger charge is -2.21. The van der Waals surface area contributed by atoms with E-state index in [1.54, 1.807) is 12.0 Å². The zero-order valence-electron chi connectivity index (χ0n) is 10.9. The number of hydrogen-bond donors (Lipinski definition) is 1. The van der Waals surface area contributed by atoms with Crippen molar-refractivity contribution in [3.63, 3.8) is 0 Å². The molecule has 0 aliphatic carbocycles. The van der Waals surface area contributed by atoms with Crippen LogP contribution in [0.3, 0.4) is 0 Å². The number of nitrogens with zero attached hydrogens (tertiary/aromatic N) is 1. The molecule has 0 aromatic carbocycles. The molecule has 96 valence electrons. The third kappa shape index (κ3) is 6.80. The SMILES string of the molecule is CCCCCN(C)C(=O)C(N)CCCOC. The van der Waals surface area contributed by atoms with E-state index in [1.807, 2.05) is 7.05 Å². The largest absolute Gasteiger partial charge is 0.385 e. The Labute approximate surface area is 99.1 Å². The minimum Gasteiger partial charge on any atom is -0.385 e. The van der Waals surface area contributed by atoms with Crippen LogP contribution in [0.1, 0.15) is 39.0 Å². The summed E-state index contributed by atoms with van der Waals surface area (Å²) in [4.78, 5) is 13.5. The maximum absolute atomic E-state index is 11.8. The smallest absolute Gasteiger partial charge is 0.239 e. The van der Waals surface area contributed by atoms with Gasteiger partial charge >= 0.3 is 0 Å². The lowest BCUT2D eigenvalue weighted by atomic mass is 10.1. The quantitative estimate of drug-likeness (QED) is 0.609. The predicted octanol–water partition coefficient (Wildman–Crippen LogP) is 1.39. The standard InChI is InChI=1S/C12H26N2O2/c1-4-5-6-9-14(2)12(15)11(13)8-7-10-16-3/h11H,4-10,13H2,1-3H3. The molecule has 0 radical (unpaired) electrons. The molecule has 2 N–H and O–H groups in total. The van der Waals surface area contributed by atoms with Gasteiger partial charge in [0.1, 0.15) is 0 Å². The molecule has 1 atom stereocenters. The van der Waals surface area contributed by atoms with Gasteiger partial charge < -0.3 is 15.4 Å². The molecule has 16 heavy (non-hydrogen) atoms. The van der Waals surface area contributed by atoms with Gasteiger partial charge in [-0.1, -0.05) is 19.8 Å². The number of rotatable bonds is 9. The Bertz CT molecular complexity index is 168. The van der Waals surface area contributed by atoms with Gasteiger partial charge in [-0.25, -0.2) is 0 Å². The highest BCUT2D eigenvalue weighted by Crippen LogP contribution is 2.02. The highest BCUT2D eigenvalue weighted by Gasteiger charge is 2.16. The van der Waals surface area contributed by atoms with Crippen LogP contribution in [-0.4, -0.2) is 44.2 Å². The van der Waals surface area contributed by atoms with Gasteiger partial charge in [-0.3, -0.25) is 4.79 Å². The Balaban J connectivity index is 3.73. The zero-order chi connectivity index (χ0) is 12.4. The summed E-state index contributed by atoms with van der Waals surface area (Å²) in [7, 11) is 3.48. The summed E-state index contributed by atoms with van der Waals surface area (Å²) in [6.45, 7) is 3.63. The first-order valence-corrected chi connectivity index (χ1v) is 6.13. The van der Waals surface area contributed by atoms with E-state index >= 15 is 0 Å². The second kappa shape index (κ2) is 9.60. The second-order valence-electron chi connectivity index (χ2n) is 4.21. The Morgan fingerprint density at radius 3 is 2.62 bits per heavy atom. The zero-order valence-corrected chi connectivity index (χ0v) is 10.9. The Hall–Kier alpha value is -0.610. The van der Waals surface area contributed by atoms with E-state index in [0.29, 0.717) is 13.0 Å². The summed E-state index contributed by atoms with van der Waals surface area (Å²) in [5.74, 6) is 0.0483. The first kappa shape index (κ1) is 15.4. The van der Waals surface area contributed by atoms with Crippen molar-refractivity contribution in [2.75, 3.05) is 27.3 Å². The molecule has 1 unspecified atom stereocenters. The lowest BCUT2D eigenvalue weighted by molar-refractivity contribution is -0.131. The van der Waals surface area contributed by atoms with Crippen LogP contribution < -0.4 is 5.73 Å². The Kier molecular flexibility index (Phi) is 9.24. The van der Waals surface area contributed by atoms with Gasteiger partial charge in [-0.2, -0.15) is 0 Å². The fourth-order valence-corrected chi connectivity index (χ4v) is 1.56. The molecule has 0 fully saturated rings. The van der Waals surface area contributed by atoms with Crippen LogP contribution >= 0.6 is 0 Å². The van der Waals surface area contributed by atoms with E-state index in [2.05, 4.69) is 6.92 Å². The fourth-order valence-electron chi connectivity index (χ4n) is 1.56. The van der Waals surface area contributed by atoms with Crippen molar-refractivity contribution >= 4 is 5.91 Å². The van der Waals surface area contributed by atoms with Crippen LogP contribution in [0.4, 0.5) is 0 Å². The molecule has 0 rings (SSSR count). The third-order valence-electron chi connectivity index (χ3n) is 2.65. The van der Waals surface area contributed by atoms with E-state index in [-0.39, 0.29) is 11.9 Å². The summed E-state index contributed by atoms with van der Waals surface area (Å²) in [5.41, 5.74) is 5.82. The van der Waals surface area contributed by atoms with Gasteiger partial charge in [0.05, 0.1) is 6.04 Å². The molecule has 0 aliphatic heterocycles. The van der Waals surface area contributed by atoms with Gasteiger partial charge in [0.2, 0.25) is 5.91 Å². The summed E-state index contributed by atoms with van der Waals surface area (Å²) >= 11 is 0. The minimum absolute atomic E-state index is 0.0483. The molecule has 0 saturated carbocycles. The predicted molar refractivity (Wildman–Crippen MR) is 66.2 cm³/mol. The topological polar surface area (TPSA) is 55.6 Å². The average molecular weight is 230 g/mol. The molecular formula is C12H26N2O2. The fraction of sp³-hybridized carbons (Fsp3) is 0.917. The number of methoxy groups -OCH3 is 1. The van der Waals surface area contributed by atoms with E-state index in [4.69, 9.17) is 10.5 Å². The Morgan fingerprint density at radius 1 is 1.38 bits per heavy atom. The average Bonchev–Trinajstić information content (AvgIpc) is 2.28. The first-order valence-electron chi connectivity index (χ1n) is 6.13. The van der Waals surface area contributed by atoms with Crippen LogP contribution in [0.15, 0.2) is 0 Å². The van der Waals surface area contributed by atoms with Gasteiger partial charge in [-0.05, 0) is 19.3 Å². The van der Waals surface area contributed by atoms with E-state index in [0.717, 1.165) is 25.8 Å². The number of carbonyl (C=O) groups excluding carboxylic acids is 1. The van der Waals surface area contributed by atoms with Crippen LogP contribution in [0.25, 0.3) is 0 Å². The molecular weight excluding hydrogens is 204 g/mol. The molecule has 0 aromatic rings. The van der Waals surface area contributed by atoms with E-state index < -0.39 is 0 Å². The van der Waals surface area contributed by atoms with Crippen LogP contribution in [-0.2, 0) is 9.53 Å². The highest BCUT2D eigenvalue weighted by atomic mass is 16.5. The van der Waals surface area contributed by atoms with Gasteiger partial charge in [-0.15, -0.1) is 0 Å². The summed E-state index contributed by atoms with van der Waals surface area (Å²) < 4.78 is 4.93. The van der Waals surface area contributed by atoms with E-state index in [1.165, 1.54) is 6.42 Å². The van der Waals surface area contributed by atoms with Crippen LogP contribution in [0.2, 0.25) is 0 Å². The number of amides is 1. The number of hydrogen-bond acceptors (Lipinski definition) is 3. The monoisotopic (exact) mass is 230 g/mol. The highest BCUT2D eigenvalue weighted by molar-refractivity contribution is 5.81. The molecule has 4 nitrogen and oxygen atoms in total. The summed E-state index contributed by atoms with van der Waals surface area (Å²) in [5, 5.41) is 0. The van der Waals surface area contributed by atoms with Crippen molar-refractivity contribution < 1.29 is 9.53 Å². The summed E-state index contributed by atoms with van der Waals surface area (Å²) in [6, 6.07) is -0.373. The van der Waals surface area contributed by atoms with Gasteiger partial charge in [0, 0.05) is 27.3 Å². The summed E-state index contributed by atoms with van der Waals surface area (Å²) in [6.07, 6.45) is 4.93. The van der Waals surface area contributed by atoms with Crippen molar-refractivity contribution in [1.82, 2.24) is 4.90 Å². The maximum atomic E-state index is 11.8. The normalized spacial score (nSPS) is 12.5. The third-order valence-corrected chi connectivity index (χ3v) is 2.65. The van der Waals surface area contributed by atoms with E-state index in [9.17, 15) is 4.79 Å². The van der Waals surface area contributed by atoms with Crippen LogP contribution in [0, 0.1) is 0 Å². The molecule has 0 spiro atoms. The van der Waals surface area contributed by atoms with Crippen molar-refractivity contribution in [2.24, 2.45) is 5.73 Å².